The van der Waals surface area contributed by atoms with Gasteiger partial charge >= 0.3 is 5.97 Å². The van der Waals surface area contributed by atoms with Gasteiger partial charge in [-0.05, 0) is 63.6 Å². The first-order valence-electron chi connectivity index (χ1n) is 9.97. The quantitative estimate of drug-likeness (QED) is 0.527. The molecule has 0 atom stereocenters. The van der Waals surface area contributed by atoms with E-state index in [9.17, 15) is 4.79 Å². The van der Waals surface area contributed by atoms with Gasteiger partial charge in [-0.1, -0.05) is 42.0 Å². The third-order valence-corrected chi connectivity index (χ3v) is 4.84. The van der Waals surface area contributed by atoms with Crippen LogP contribution in [0, 0.1) is 6.92 Å². The second-order valence-corrected chi connectivity index (χ2v) is 7.02. The first-order valence-corrected chi connectivity index (χ1v) is 9.97. The van der Waals surface area contributed by atoms with Crippen molar-refractivity contribution in [2.45, 2.75) is 26.7 Å². The number of esters is 1. The smallest absolute Gasteiger partial charge is 0.330 e. The van der Waals surface area contributed by atoms with Crippen LogP contribution < -0.4 is 0 Å². The topological polar surface area (TPSA) is 42.4 Å². The highest BCUT2D eigenvalue weighted by Gasteiger charge is 2.12. The number of carbonyl (C=O) groups excluding carboxylic acids is 1. The summed E-state index contributed by atoms with van der Waals surface area (Å²) in [7, 11) is 0. The van der Waals surface area contributed by atoms with Crippen LogP contribution >= 0.6 is 0 Å². The highest BCUT2D eigenvalue weighted by atomic mass is 16.5. The van der Waals surface area contributed by atoms with Crippen LogP contribution in [-0.2, 0) is 9.53 Å². The van der Waals surface area contributed by atoms with Crippen molar-refractivity contribution < 1.29 is 9.53 Å². The Morgan fingerprint density at radius 1 is 1.14 bits per heavy atom. The van der Waals surface area contributed by atoms with E-state index in [1.807, 2.05) is 18.2 Å². The lowest BCUT2D eigenvalue weighted by atomic mass is 10.00. The van der Waals surface area contributed by atoms with Crippen LogP contribution in [0.5, 0.6) is 0 Å². The molecule has 0 N–H and O–H groups in total. The second kappa shape index (κ2) is 10.00. The number of nitrogens with zero attached hydrogens (tertiary/aromatic N) is 2. The fraction of sp³-hybridized carbons (Fsp3) is 0.333. The number of rotatable bonds is 7. The zero-order valence-corrected chi connectivity index (χ0v) is 16.7. The van der Waals surface area contributed by atoms with Crippen molar-refractivity contribution in [2.75, 3.05) is 26.2 Å². The van der Waals surface area contributed by atoms with Crippen LogP contribution in [-0.4, -0.2) is 42.1 Å². The number of carbonyl (C=O) groups is 1. The Hall–Kier alpha value is -2.72. The van der Waals surface area contributed by atoms with E-state index in [0.29, 0.717) is 6.61 Å². The van der Waals surface area contributed by atoms with Gasteiger partial charge in [-0.2, -0.15) is 0 Å². The molecule has 0 amide bonds. The normalized spacial score (nSPS) is 15.3. The summed E-state index contributed by atoms with van der Waals surface area (Å²) in [6.45, 7) is 7.50. The van der Waals surface area contributed by atoms with E-state index in [4.69, 9.17) is 9.72 Å². The minimum absolute atomic E-state index is 0.349. The van der Waals surface area contributed by atoms with Crippen molar-refractivity contribution in [1.29, 1.82) is 0 Å². The molecule has 28 heavy (non-hydrogen) atoms. The van der Waals surface area contributed by atoms with Crippen molar-refractivity contribution in [1.82, 2.24) is 9.88 Å². The molecule has 1 aromatic heterocycles. The number of pyridine rings is 1. The molecule has 1 aliphatic rings. The van der Waals surface area contributed by atoms with Crippen LogP contribution in [0.2, 0.25) is 0 Å². The maximum absolute atomic E-state index is 11.6. The fourth-order valence-corrected chi connectivity index (χ4v) is 3.33. The third-order valence-electron chi connectivity index (χ3n) is 4.84. The highest BCUT2D eigenvalue weighted by molar-refractivity contribution is 5.87. The number of hydrogen-bond donors (Lipinski definition) is 0. The first-order chi connectivity index (χ1) is 13.7. The molecular weight excluding hydrogens is 348 g/mol. The SMILES string of the molecule is CCOC(=O)/C=C\c1cccc(/C(=C/CN2CCCC2)c2ccc(C)cc2)n1. The molecule has 4 nitrogen and oxygen atoms in total. The summed E-state index contributed by atoms with van der Waals surface area (Å²) in [5.41, 5.74) is 5.17. The van der Waals surface area contributed by atoms with Crippen LogP contribution in [0.4, 0.5) is 0 Å². The van der Waals surface area contributed by atoms with E-state index >= 15 is 0 Å². The fourth-order valence-electron chi connectivity index (χ4n) is 3.33. The van der Waals surface area contributed by atoms with Gasteiger partial charge in [0.15, 0.2) is 0 Å². The van der Waals surface area contributed by atoms with E-state index in [1.165, 1.54) is 24.5 Å². The summed E-state index contributed by atoms with van der Waals surface area (Å²) in [6, 6.07) is 14.4. The molecule has 1 fully saturated rings. The van der Waals surface area contributed by atoms with Crippen LogP contribution in [0.25, 0.3) is 11.6 Å². The van der Waals surface area contributed by atoms with Gasteiger partial charge in [-0.25, -0.2) is 9.78 Å². The lowest BCUT2D eigenvalue weighted by Gasteiger charge is -2.14. The maximum atomic E-state index is 11.6. The Balaban J connectivity index is 1.88. The standard InChI is InChI=1S/C24H28N2O2/c1-3-28-24(27)14-13-21-7-6-8-23(25-21)22(15-18-26-16-4-5-17-26)20-11-9-19(2)10-12-20/h6-15H,3-5,16-18H2,1-2H3/b14-13-,22-15+. The lowest BCUT2D eigenvalue weighted by molar-refractivity contribution is -0.137. The Kier molecular flexibility index (Phi) is 7.15. The molecule has 0 aliphatic carbocycles. The zero-order chi connectivity index (χ0) is 19.8. The van der Waals surface area contributed by atoms with E-state index < -0.39 is 0 Å². The Morgan fingerprint density at radius 3 is 2.61 bits per heavy atom. The highest BCUT2D eigenvalue weighted by Crippen LogP contribution is 2.23. The predicted molar refractivity (Wildman–Crippen MR) is 114 cm³/mol. The molecule has 0 unspecified atom stereocenters. The maximum Gasteiger partial charge on any atom is 0.330 e. The molecule has 0 saturated carbocycles. The molecule has 1 aliphatic heterocycles. The van der Waals surface area contributed by atoms with E-state index in [2.05, 4.69) is 42.2 Å². The number of aryl methyl sites for hydroxylation is 1. The summed E-state index contributed by atoms with van der Waals surface area (Å²) >= 11 is 0. The molecule has 3 rings (SSSR count). The molecule has 0 spiro atoms. The summed E-state index contributed by atoms with van der Waals surface area (Å²) < 4.78 is 4.95. The van der Waals surface area contributed by atoms with Gasteiger partial charge in [0.2, 0.25) is 0 Å². The first kappa shape index (κ1) is 20.0. The molecule has 146 valence electrons. The number of aromatic nitrogens is 1. The van der Waals surface area contributed by atoms with E-state index in [1.54, 1.807) is 13.0 Å². The van der Waals surface area contributed by atoms with E-state index in [0.717, 1.165) is 42.2 Å². The van der Waals surface area contributed by atoms with Crippen molar-refractivity contribution in [3.63, 3.8) is 0 Å². The number of hydrogen-bond acceptors (Lipinski definition) is 4. The summed E-state index contributed by atoms with van der Waals surface area (Å²) in [5.74, 6) is -0.349. The zero-order valence-electron chi connectivity index (χ0n) is 16.7. The van der Waals surface area contributed by atoms with Crippen molar-refractivity contribution >= 4 is 17.6 Å². The van der Waals surface area contributed by atoms with E-state index in [-0.39, 0.29) is 5.97 Å². The number of likely N-dealkylation sites (tertiary alicyclic amines) is 1. The van der Waals surface area contributed by atoms with Gasteiger partial charge in [-0.3, -0.25) is 4.90 Å². The predicted octanol–water partition coefficient (Wildman–Crippen LogP) is 4.49. The van der Waals surface area contributed by atoms with Crippen molar-refractivity contribution in [3.8, 4) is 0 Å². The Morgan fingerprint density at radius 2 is 1.89 bits per heavy atom. The van der Waals surface area contributed by atoms with Gasteiger partial charge < -0.3 is 4.74 Å². The van der Waals surface area contributed by atoms with Gasteiger partial charge in [-0.15, -0.1) is 0 Å². The van der Waals surface area contributed by atoms with Gasteiger partial charge in [0.05, 0.1) is 18.0 Å². The molecule has 2 heterocycles. The minimum Gasteiger partial charge on any atom is -0.463 e. The molecule has 1 aromatic carbocycles. The van der Waals surface area contributed by atoms with Crippen molar-refractivity contribution in [3.05, 3.63) is 77.1 Å². The summed E-state index contributed by atoms with van der Waals surface area (Å²) in [5, 5.41) is 0. The largest absolute Gasteiger partial charge is 0.463 e. The van der Waals surface area contributed by atoms with Crippen LogP contribution in [0.1, 0.15) is 42.3 Å². The van der Waals surface area contributed by atoms with Gasteiger partial charge in [0, 0.05) is 18.2 Å². The second-order valence-electron chi connectivity index (χ2n) is 7.02. The molecule has 2 aromatic rings. The number of benzene rings is 1. The average molecular weight is 377 g/mol. The summed E-state index contributed by atoms with van der Waals surface area (Å²) in [4.78, 5) is 18.8. The van der Waals surface area contributed by atoms with Gasteiger partial charge in [0.25, 0.3) is 0 Å². The Labute approximate surface area is 167 Å². The Bertz CT molecular complexity index is 847. The molecule has 1 saturated heterocycles. The van der Waals surface area contributed by atoms with Crippen LogP contribution in [0.15, 0.2) is 54.6 Å². The average Bonchev–Trinajstić information content (AvgIpc) is 3.22. The molecule has 0 bridgehead atoms. The lowest BCUT2D eigenvalue weighted by Crippen LogP contribution is -2.19. The molecule has 0 radical (unpaired) electrons. The van der Waals surface area contributed by atoms with Gasteiger partial charge in [0.1, 0.15) is 0 Å². The monoisotopic (exact) mass is 376 g/mol. The summed E-state index contributed by atoms with van der Waals surface area (Å²) in [6.07, 6.45) is 7.96. The minimum atomic E-state index is -0.349. The third kappa shape index (κ3) is 5.64. The molecule has 4 heteroatoms. The van der Waals surface area contributed by atoms with Crippen molar-refractivity contribution in [2.24, 2.45) is 0 Å². The van der Waals surface area contributed by atoms with Crippen LogP contribution in [0.3, 0.4) is 0 Å². The number of ether oxygens (including phenoxy) is 1. The molecular formula is C24H28N2O2.